The Morgan fingerprint density at radius 3 is 2.00 bits per heavy atom. The van der Waals surface area contributed by atoms with Gasteiger partial charge in [0, 0.05) is 6.04 Å². The molecule has 7 nitrogen and oxygen atoms in total. The van der Waals surface area contributed by atoms with Gasteiger partial charge in [-0.25, -0.2) is 9.59 Å². The summed E-state index contributed by atoms with van der Waals surface area (Å²) in [5, 5.41) is 9.11. The van der Waals surface area contributed by atoms with Crippen molar-refractivity contribution in [1.29, 1.82) is 0 Å². The van der Waals surface area contributed by atoms with E-state index in [9.17, 15) is 22.8 Å². The third kappa shape index (κ3) is 5.06. The number of nitrogens with zero attached hydrogens (tertiary/aromatic N) is 1. The van der Waals surface area contributed by atoms with Gasteiger partial charge in [-0.1, -0.05) is 0 Å². The number of carbonyl (C=O) groups excluding carboxylic acids is 2. The number of imide groups is 1. The standard InChI is InChI=1S/C5H7N3O2.C2HF3O2/c1-2(6)3-4(9)8-5(10)7-3;3-2(4,5)1(6)7/h2H,6H2,1H3,(H,8,9,10);(H,6,7)/t2-;/m1./s1. The van der Waals surface area contributed by atoms with E-state index in [1.54, 1.807) is 6.92 Å². The molecule has 1 atom stereocenters. The molecule has 1 heterocycles. The van der Waals surface area contributed by atoms with Crippen molar-refractivity contribution in [1.82, 2.24) is 5.32 Å². The number of urea groups is 1. The molecule has 10 heteroatoms. The largest absolute Gasteiger partial charge is 0.490 e. The fourth-order valence-electron chi connectivity index (χ4n) is 0.658. The second-order valence-electron chi connectivity index (χ2n) is 2.85. The predicted octanol–water partition coefficient (Wildman–Crippen LogP) is -0.342. The average molecular weight is 255 g/mol. The smallest absolute Gasteiger partial charge is 0.475 e. The molecule has 0 saturated heterocycles. The highest BCUT2D eigenvalue weighted by atomic mass is 19.4. The molecule has 0 unspecified atom stereocenters. The van der Waals surface area contributed by atoms with Gasteiger partial charge in [0.25, 0.3) is 5.91 Å². The molecular weight excluding hydrogens is 247 g/mol. The molecule has 0 radical (unpaired) electrons. The Hall–Kier alpha value is -1.97. The predicted molar refractivity (Wildman–Crippen MR) is 48.3 cm³/mol. The average Bonchev–Trinajstić information content (AvgIpc) is 2.44. The van der Waals surface area contributed by atoms with E-state index in [0.717, 1.165) is 0 Å². The molecule has 0 aromatic heterocycles. The van der Waals surface area contributed by atoms with Crippen LogP contribution in [0.25, 0.3) is 0 Å². The normalized spacial score (nSPS) is 16.6. The molecule has 1 aliphatic rings. The Morgan fingerprint density at radius 2 is 1.88 bits per heavy atom. The Morgan fingerprint density at radius 1 is 1.47 bits per heavy atom. The van der Waals surface area contributed by atoms with Gasteiger partial charge in [0.1, 0.15) is 5.71 Å². The van der Waals surface area contributed by atoms with E-state index >= 15 is 0 Å². The van der Waals surface area contributed by atoms with Crippen LogP contribution >= 0.6 is 0 Å². The molecule has 1 rings (SSSR count). The molecule has 0 spiro atoms. The second kappa shape index (κ2) is 5.39. The quantitative estimate of drug-likeness (QED) is 0.591. The molecule has 0 saturated carbocycles. The Balaban J connectivity index is 0.000000325. The number of aliphatic carboxylic acids is 1. The molecular formula is C7H8F3N3O4. The van der Waals surface area contributed by atoms with Gasteiger partial charge in [0.2, 0.25) is 0 Å². The first-order valence-electron chi connectivity index (χ1n) is 4.05. The molecule has 0 fully saturated rings. The lowest BCUT2D eigenvalue weighted by molar-refractivity contribution is -0.192. The Bertz CT molecular complexity index is 375. The topological polar surface area (TPSA) is 122 Å². The van der Waals surface area contributed by atoms with Crippen LogP contribution < -0.4 is 11.1 Å². The van der Waals surface area contributed by atoms with Crippen LogP contribution in [0.4, 0.5) is 18.0 Å². The highest BCUT2D eigenvalue weighted by Gasteiger charge is 2.38. The van der Waals surface area contributed by atoms with E-state index in [4.69, 9.17) is 15.6 Å². The van der Waals surface area contributed by atoms with Crippen molar-refractivity contribution >= 4 is 23.6 Å². The van der Waals surface area contributed by atoms with Crippen LogP contribution in [-0.2, 0) is 9.59 Å². The van der Waals surface area contributed by atoms with Crippen LogP contribution in [0.3, 0.4) is 0 Å². The van der Waals surface area contributed by atoms with Crippen molar-refractivity contribution in [3.63, 3.8) is 0 Å². The van der Waals surface area contributed by atoms with Gasteiger partial charge in [-0.2, -0.15) is 18.2 Å². The van der Waals surface area contributed by atoms with Crippen LogP contribution in [0.1, 0.15) is 6.92 Å². The number of alkyl halides is 3. The van der Waals surface area contributed by atoms with Gasteiger partial charge in [-0.3, -0.25) is 10.1 Å². The van der Waals surface area contributed by atoms with Crippen molar-refractivity contribution in [2.24, 2.45) is 10.7 Å². The maximum atomic E-state index is 10.7. The zero-order chi connectivity index (χ0) is 13.8. The number of hydrogen-bond acceptors (Lipinski definition) is 4. The third-order valence-corrected chi connectivity index (χ3v) is 1.35. The maximum absolute atomic E-state index is 10.7. The van der Waals surface area contributed by atoms with E-state index in [-0.39, 0.29) is 5.71 Å². The highest BCUT2D eigenvalue weighted by molar-refractivity contribution is 6.47. The Kier molecular flexibility index (Phi) is 4.76. The first-order chi connectivity index (χ1) is 7.55. The number of aliphatic imine (C=N–C) groups is 1. The summed E-state index contributed by atoms with van der Waals surface area (Å²) >= 11 is 0. The number of hydrogen-bond donors (Lipinski definition) is 3. The van der Waals surface area contributed by atoms with Gasteiger partial charge in [0.05, 0.1) is 0 Å². The number of amides is 3. The zero-order valence-corrected chi connectivity index (χ0v) is 8.41. The molecule has 4 N–H and O–H groups in total. The minimum Gasteiger partial charge on any atom is -0.475 e. The number of carbonyl (C=O) groups is 3. The van der Waals surface area contributed by atoms with Gasteiger partial charge in [-0.05, 0) is 6.92 Å². The number of carboxylic acid groups (broad SMARTS) is 1. The number of carboxylic acids is 1. The minimum atomic E-state index is -5.08. The number of rotatable bonds is 1. The first kappa shape index (κ1) is 15.0. The SMILES string of the molecule is C[C@@H](N)C1=NC(=O)NC1=O.O=C(O)C(F)(F)F. The summed E-state index contributed by atoms with van der Waals surface area (Å²) in [7, 11) is 0. The van der Waals surface area contributed by atoms with E-state index in [2.05, 4.69) is 4.99 Å². The van der Waals surface area contributed by atoms with Crippen molar-refractivity contribution in [2.75, 3.05) is 0 Å². The molecule has 96 valence electrons. The van der Waals surface area contributed by atoms with Crippen LogP contribution in [0.5, 0.6) is 0 Å². The van der Waals surface area contributed by atoms with Gasteiger partial charge >= 0.3 is 18.2 Å². The van der Waals surface area contributed by atoms with Gasteiger partial charge in [-0.15, -0.1) is 0 Å². The lowest BCUT2D eigenvalue weighted by atomic mass is 10.2. The summed E-state index contributed by atoms with van der Waals surface area (Å²) in [6, 6.07) is -1.11. The summed E-state index contributed by atoms with van der Waals surface area (Å²) in [6.45, 7) is 1.59. The van der Waals surface area contributed by atoms with E-state index in [1.807, 2.05) is 5.32 Å². The number of nitrogens with two attached hydrogens (primary N) is 1. The minimum absolute atomic E-state index is 0.102. The summed E-state index contributed by atoms with van der Waals surface area (Å²) in [4.78, 5) is 33.3. The maximum Gasteiger partial charge on any atom is 0.490 e. The lowest BCUT2D eigenvalue weighted by Gasteiger charge is -1.98. The van der Waals surface area contributed by atoms with Crippen LogP contribution in [0, 0.1) is 0 Å². The van der Waals surface area contributed by atoms with Crippen LogP contribution in [-0.4, -0.2) is 40.9 Å². The molecule has 1 aliphatic heterocycles. The van der Waals surface area contributed by atoms with Crippen LogP contribution in [0.15, 0.2) is 4.99 Å². The van der Waals surface area contributed by atoms with Gasteiger partial charge < -0.3 is 10.8 Å². The van der Waals surface area contributed by atoms with Crippen molar-refractivity contribution in [2.45, 2.75) is 19.1 Å². The molecule has 3 amide bonds. The zero-order valence-electron chi connectivity index (χ0n) is 8.41. The van der Waals surface area contributed by atoms with E-state index in [0.29, 0.717) is 0 Å². The summed E-state index contributed by atoms with van der Waals surface area (Å²) in [5.74, 6) is -3.24. The molecule has 0 aliphatic carbocycles. The number of halogens is 3. The van der Waals surface area contributed by atoms with Crippen molar-refractivity contribution < 1.29 is 32.7 Å². The van der Waals surface area contributed by atoms with Crippen molar-refractivity contribution in [3.8, 4) is 0 Å². The van der Waals surface area contributed by atoms with Gasteiger partial charge in [0.15, 0.2) is 0 Å². The van der Waals surface area contributed by atoms with Crippen molar-refractivity contribution in [3.05, 3.63) is 0 Å². The molecule has 0 aromatic carbocycles. The third-order valence-electron chi connectivity index (χ3n) is 1.35. The van der Waals surface area contributed by atoms with E-state index < -0.39 is 30.1 Å². The summed E-state index contributed by atoms with van der Waals surface area (Å²) in [6.07, 6.45) is -5.08. The summed E-state index contributed by atoms with van der Waals surface area (Å²) in [5.41, 5.74) is 5.41. The lowest BCUT2D eigenvalue weighted by Crippen LogP contribution is -2.35. The molecule has 17 heavy (non-hydrogen) atoms. The highest BCUT2D eigenvalue weighted by Crippen LogP contribution is 2.13. The fourth-order valence-corrected chi connectivity index (χ4v) is 0.658. The molecule has 0 aromatic rings. The van der Waals surface area contributed by atoms with Crippen LogP contribution in [0.2, 0.25) is 0 Å². The molecule has 0 bridgehead atoms. The summed E-state index contributed by atoms with van der Waals surface area (Å²) < 4.78 is 31.7. The monoisotopic (exact) mass is 255 g/mol. The fraction of sp³-hybridized carbons (Fsp3) is 0.429. The van der Waals surface area contributed by atoms with E-state index in [1.165, 1.54) is 0 Å². The Labute approximate surface area is 92.5 Å². The second-order valence-corrected chi connectivity index (χ2v) is 2.85. The number of nitrogens with one attached hydrogen (secondary N) is 1. The first-order valence-corrected chi connectivity index (χ1v) is 4.05.